The molecule has 1 aromatic heterocycles. The molecule has 1 N–H and O–H groups in total. The van der Waals surface area contributed by atoms with E-state index in [9.17, 15) is 14.4 Å². The van der Waals surface area contributed by atoms with Gasteiger partial charge in [0.1, 0.15) is 18.7 Å². The molecule has 0 spiro atoms. The Morgan fingerprint density at radius 1 is 1.11 bits per heavy atom. The highest BCUT2D eigenvalue weighted by Crippen LogP contribution is 2.22. The first-order valence-electron chi connectivity index (χ1n) is 7.94. The van der Waals surface area contributed by atoms with Crippen molar-refractivity contribution >= 4 is 62.0 Å². The Hall–Kier alpha value is -2.35. The summed E-state index contributed by atoms with van der Waals surface area (Å²) in [6.07, 6.45) is 0. The van der Waals surface area contributed by atoms with Crippen LogP contribution in [0.15, 0.2) is 56.1 Å². The van der Waals surface area contributed by atoms with E-state index in [1.54, 1.807) is 18.2 Å². The van der Waals surface area contributed by atoms with Gasteiger partial charge in [-0.25, -0.2) is 4.79 Å². The molecule has 0 fully saturated rings. The van der Waals surface area contributed by atoms with Crippen LogP contribution in [0, 0.1) is 0 Å². The van der Waals surface area contributed by atoms with E-state index in [1.165, 1.54) is 24.3 Å². The second-order valence-electron chi connectivity index (χ2n) is 5.70. The van der Waals surface area contributed by atoms with E-state index < -0.39 is 17.5 Å². The molecule has 0 aliphatic carbocycles. The van der Waals surface area contributed by atoms with Crippen molar-refractivity contribution in [2.75, 3.05) is 6.54 Å². The number of carbonyl (C=O) groups excluding carboxylic acids is 2. The molecule has 2 aromatic carbocycles. The van der Waals surface area contributed by atoms with Crippen molar-refractivity contribution in [2.24, 2.45) is 0 Å². The Labute approximate surface area is 177 Å². The van der Waals surface area contributed by atoms with Crippen LogP contribution >= 0.6 is 39.1 Å². The van der Waals surface area contributed by atoms with Crippen molar-refractivity contribution < 1.29 is 18.7 Å². The van der Waals surface area contributed by atoms with Crippen LogP contribution in [0.5, 0.6) is 0 Å². The van der Waals surface area contributed by atoms with E-state index in [1.807, 2.05) is 0 Å². The standard InChI is InChI=1S/C19H12BrCl2NO5/c20-11-1-3-13-10(5-17(24)28-16(13)6-11)9-27-18(25)8-23-19(26)14-4-2-12(21)7-15(14)22/h1-7H,8-9H2,(H,23,26). The summed E-state index contributed by atoms with van der Waals surface area (Å²) in [6.45, 7) is -0.497. The molecule has 3 aromatic rings. The monoisotopic (exact) mass is 483 g/mol. The van der Waals surface area contributed by atoms with Crippen molar-refractivity contribution in [3.63, 3.8) is 0 Å². The third-order valence-electron chi connectivity index (χ3n) is 3.75. The van der Waals surface area contributed by atoms with Gasteiger partial charge in [-0.1, -0.05) is 39.1 Å². The zero-order valence-electron chi connectivity index (χ0n) is 14.1. The van der Waals surface area contributed by atoms with Crippen LogP contribution in [0.3, 0.4) is 0 Å². The number of rotatable bonds is 5. The van der Waals surface area contributed by atoms with Gasteiger partial charge in [0.25, 0.3) is 5.91 Å². The molecule has 0 radical (unpaired) electrons. The fourth-order valence-electron chi connectivity index (χ4n) is 2.45. The molecule has 144 valence electrons. The Balaban J connectivity index is 1.62. The third kappa shape index (κ3) is 4.92. The first-order chi connectivity index (χ1) is 13.3. The Bertz CT molecular complexity index is 1130. The summed E-state index contributed by atoms with van der Waals surface area (Å²) in [5, 5.41) is 3.64. The molecule has 9 heteroatoms. The number of hydrogen-bond donors (Lipinski definition) is 1. The van der Waals surface area contributed by atoms with E-state index in [-0.39, 0.29) is 23.7 Å². The second kappa shape index (κ2) is 8.77. The van der Waals surface area contributed by atoms with Gasteiger partial charge < -0.3 is 14.5 Å². The zero-order chi connectivity index (χ0) is 20.3. The Morgan fingerprint density at radius 3 is 2.64 bits per heavy atom. The van der Waals surface area contributed by atoms with Gasteiger partial charge in [0.15, 0.2) is 0 Å². The van der Waals surface area contributed by atoms with E-state index in [0.29, 0.717) is 21.6 Å². The lowest BCUT2D eigenvalue weighted by molar-refractivity contribution is -0.143. The largest absolute Gasteiger partial charge is 0.459 e. The summed E-state index contributed by atoms with van der Waals surface area (Å²) >= 11 is 15.0. The molecule has 6 nitrogen and oxygen atoms in total. The van der Waals surface area contributed by atoms with Crippen molar-refractivity contribution in [1.29, 1.82) is 0 Å². The number of hydrogen-bond acceptors (Lipinski definition) is 5. The highest BCUT2D eigenvalue weighted by Gasteiger charge is 2.14. The van der Waals surface area contributed by atoms with Gasteiger partial charge in [0, 0.05) is 26.5 Å². The van der Waals surface area contributed by atoms with Gasteiger partial charge in [0.2, 0.25) is 0 Å². The number of fused-ring (bicyclic) bond motifs is 1. The van der Waals surface area contributed by atoms with Gasteiger partial charge >= 0.3 is 11.6 Å². The first-order valence-corrected chi connectivity index (χ1v) is 9.49. The van der Waals surface area contributed by atoms with Crippen molar-refractivity contribution in [3.8, 4) is 0 Å². The van der Waals surface area contributed by atoms with Gasteiger partial charge in [-0.2, -0.15) is 0 Å². The molecule has 3 rings (SSSR count). The lowest BCUT2D eigenvalue weighted by Gasteiger charge is -2.09. The van der Waals surface area contributed by atoms with Gasteiger partial charge in [-0.3, -0.25) is 9.59 Å². The topological polar surface area (TPSA) is 85.6 Å². The number of nitrogens with one attached hydrogen (secondary N) is 1. The number of ether oxygens (including phenoxy) is 1. The van der Waals surface area contributed by atoms with Crippen LogP contribution in [0.25, 0.3) is 11.0 Å². The predicted molar refractivity (Wildman–Crippen MR) is 109 cm³/mol. The molecule has 28 heavy (non-hydrogen) atoms. The summed E-state index contributed by atoms with van der Waals surface area (Å²) in [6, 6.07) is 10.8. The highest BCUT2D eigenvalue weighted by molar-refractivity contribution is 9.10. The number of amides is 1. The van der Waals surface area contributed by atoms with Gasteiger partial charge in [0.05, 0.1) is 10.6 Å². The molecule has 0 bridgehead atoms. The minimum Gasteiger partial charge on any atom is -0.459 e. The average Bonchev–Trinajstić information content (AvgIpc) is 2.63. The van der Waals surface area contributed by atoms with E-state index in [4.69, 9.17) is 32.4 Å². The fraction of sp³-hybridized carbons (Fsp3) is 0.105. The molecular weight excluding hydrogens is 473 g/mol. The smallest absolute Gasteiger partial charge is 0.336 e. The predicted octanol–water partition coefficient (Wildman–Crippen LogP) is 4.34. The summed E-state index contributed by atoms with van der Waals surface area (Å²) in [5.41, 5.74) is 0.510. The van der Waals surface area contributed by atoms with Crippen molar-refractivity contribution in [1.82, 2.24) is 5.32 Å². The van der Waals surface area contributed by atoms with Crippen molar-refractivity contribution in [3.05, 3.63) is 78.5 Å². The summed E-state index contributed by atoms with van der Waals surface area (Å²) in [7, 11) is 0. The molecule has 0 saturated carbocycles. The minimum atomic E-state index is -0.670. The molecule has 0 unspecified atom stereocenters. The maximum absolute atomic E-state index is 12.1. The van der Waals surface area contributed by atoms with Crippen LogP contribution in [-0.4, -0.2) is 18.4 Å². The lowest BCUT2D eigenvalue weighted by Crippen LogP contribution is -2.30. The SMILES string of the molecule is O=C(CNC(=O)c1ccc(Cl)cc1Cl)OCc1cc(=O)oc2cc(Br)ccc12. The number of benzene rings is 2. The van der Waals surface area contributed by atoms with Crippen LogP contribution in [0.2, 0.25) is 10.0 Å². The Morgan fingerprint density at radius 2 is 1.89 bits per heavy atom. The lowest BCUT2D eigenvalue weighted by atomic mass is 10.1. The minimum absolute atomic E-state index is 0.139. The first kappa shape index (κ1) is 20.4. The van der Waals surface area contributed by atoms with E-state index >= 15 is 0 Å². The number of halogens is 3. The molecule has 0 aliphatic rings. The summed E-state index contributed by atoms with van der Waals surface area (Å²) < 4.78 is 11.0. The van der Waals surface area contributed by atoms with E-state index in [2.05, 4.69) is 21.2 Å². The zero-order valence-corrected chi connectivity index (χ0v) is 17.2. The Kier molecular flexibility index (Phi) is 6.39. The van der Waals surface area contributed by atoms with Crippen LogP contribution in [-0.2, 0) is 16.1 Å². The van der Waals surface area contributed by atoms with Gasteiger partial charge in [-0.15, -0.1) is 0 Å². The normalized spacial score (nSPS) is 10.7. The summed E-state index contributed by atoms with van der Waals surface area (Å²) in [5.74, 6) is -1.20. The van der Waals surface area contributed by atoms with Crippen LogP contribution in [0.4, 0.5) is 0 Å². The molecule has 0 aliphatic heterocycles. The fourth-order valence-corrected chi connectivity index (χ4v) is 3.29. The van der Waals surface area contributed by atoms with Crippen LogP contribution in [0.1, 0.15) is 15.9 Å². The summed E-state index contributed by atoms with van der Waals surface area (Å²) in [4.78, 5) is 35.8. The quantitative estimate of drug-likeness (QED) is 0.430. The molecule has 0 atom stereocenters. The second-order valence-corrected chi connectivity index (χ2v) is 7.46. The maximum atomic E-state index is 12.1. The highest BCUT2D eigenvalue weighted by atomic mass is 79.9. The molecule has 1 heterocycles. The van der Waals surface area contributed by atoms with Crippen LogP contribution < -0.4 is 10.9 Å². The number of carbonyl (C=O) groups is 2. The van der Waals surface area contributed by atoms with E-state index in [0.717, 1.165) is 4.47 Å². The average molecular weight is 485 g/mol. The molecule has 1 amide bonds. The maximum Gasteiger partial charge on any atom is 0.336 e. The third-order valence-corrected chi connectivity index (χ3v) is 4.79. The van der Waals surface area contributed by atoms with Gasteiger partial charge in [-0.05, 0) is 36.4 Å². The number of esters is 1. The van der Waals surface area contributed by atoms with Crippen molar-refractivity contribution in [2.45, 2.75) is 6.61 Å². The molecule has 0 saturated heterocycles. The molecular formula is C19H12BrCl2NO5.